The molecule has 0 aliphatic rings. The molecular formula is C9H19NO2S. The normalized spacial score (nSPS) is 12.8. The lowest BCUT2D eigenvalue weighted by molar-refractivity contribution is 0.0419. The second-order valence-corrected chi connectivity index (χ2v) is 3.44. The maximum absolute atomic E-state index is 5.56. The van der Waals surface area contributed by atoms with Gasteiger partial charge in [0.25, 0.3) is 0 Å². The van der Waals surface area contributed by atoms with Crippen LogP contribution in [0.2, 0.25) is 0 Å². The van der Waals surface area contributed by atoms with Crippen LogP contribution in [0.1, 0.15) is 26.2 Å². The van der Waals surface area contributed by atoms with Gasteiger partial charge in [0.15, 0.2) is 0 Å². The molecule has 13 heavy (non-hydrogen) atoms. The predicted octanol–water partition coefficient (Wildman–Crippen LogP) is 1.49. The molecule has 0 radical (unpaired) electrons. The van der Waals surface area contributed by atoms with Gasteiger partial charge in [0.1, 0.15) is 0 Å². The van der Waals surface area contributed by atoms with Crippen LogP contribution >= 0.6 is 12.2 Å². The Labute approximate surface area is 85.6 Å². The minimum absolute atomic E-state index is 0.175. The van der Waals surface area contributed by atoms with Crippen LogP contribution in [0.4, 0.5) is 0 Å². The molecule has 0 saturated heterocycles. The lowest BCUT2D eigenvalue weighted by Crippen LogP contribution is -2.21. The SMILES string of the molecule is CCC(CC(N)=S)OCCCOC. The molecule has 0 aromatic rings. The van der Waals surface area contributed by atoms with E-state index in [0.29, 0.717) is 11.4 Å². The van der Waals surface area contributed by atoms with Gasteiger partial charge in [0.05, 0.1) is 11.1 Å². The van der Waals surface area contributed by atoms with Gasteiger partial charge in [-0.2, -0.15) is 0 Å². The number of thiocarbonyl (C=S) groups is 1. The van der Waals surface area contributed by atoms with Crippen molar-refractivity contribution in [1.82, 2.24) is 0 Å². The number of nitrogens with two attached hydrogens (primary N) is 1. The fourth-order valence-electron chi connectivity index (χ4n) is 0.999. The number of ether oxygens (including phenoxy) is 2. The Hall–Kier alpha value is -0.190. The predicted molar refractivity (Wildman–Crippen MR) is 57.9 cm³/mol. The summed E-state index contributed by atoms with van der Waals surface area (Å²) in [5.41, 5.74) is 5.43. The molecule has 78 valence electrons. The number of hydrogen-bond donors (Lipinski definition) is 1. The minimum atomic E-state index is 0.175. The standard InChI is InChI=1S/C9H19NO2S/c1-3-8(7-9(10)13)12-6-4-5-11-2/h8H,3-7H2,1-2H3,(H2,10,13). The summed E-state index contributed by atoms with van der Waals surface area (Å²) < 4.78 is 10.5. The monoisotopic (exact) mass is 205 g/mol. The maximum atomic E-state index is 5.56. The van der Waals surface area contributed by atoms with Crippen LogP contribution in [0.3, 0.4) is 0 Å². The van der Waals surface area contributed by atoms with E-state index in [1.54, 1.807) is 7.11 Å². The van der Waals surface area contributed by atoms with Gasteiger partial charge in [-0.1, -0.05) is 19.1 Å². The highest BCUT2D eigenvalue weighted by atomic mass is 32.1. The summed E-state index contributed by atoms with van der Waals surface area (Å²) in [6.45, 7) is 3.53. The number of rotatable bonds is 8. The Morgan fingerprint density at radius 3 is 2.62 bits per heavy atom. The molecule has 2 N–H and O–H groups in total. The Morgan fingerprint density at radius 2 is 2.15 bits per heavy atom. The molecular weight excluding hydrogens is 186 g/mol. The van der Waals surface area contributed by atoms with E-state index in [1.165, 1.54) is 0 Å². The third kappa shape index (κ3) is 8.15. The zero-order valence-corrected chi connectivity index (χ0v) is 9.23. The summed E-state index contributed by atoms with van der Waals surface area (Å²) in [6.07, 6.45) is 2.72. The molecule has 0 fully saturated rings. The summed E-state index contributed by atoms with van der Waals surface area (Å²) in [6, 6.07) is 0. The van der Waals surface area contributed by atoms with Crippen LogP contribution in [0.25, 0.3) is 0 Å². The highest BCUT2D eigenvalue weighted by Gasteiger charge is 2.07. The minimum Gasteiger partial charge on any atom is -0.393 e. The van der Waals surface area contributed by atoms with E-state index < -0.39 is 0 Å². The highest BCUT2D eigenvalue weighted by Crippen LogP contribution is 2.04. The van der Waals surface area contributed by atoms with E-state index in [1.807, 2.05) is 0 Å². The molecule has 0 saturated carbocycles. The Balaban J connectivity index is 3.42. The van der Waals surface area contributed by atoms with Crippen molar-refractivity contribution < 1.29 is 9.47 Å². The van der Waals surface area contributed by atoms with Crippen molar-refractivity contribution in [3.63, 3.8) is 0 Å². The molecule has 4 heteroatoms. The zero-order chi connectivity index (χ0) is 10.1. The first-order valence-electron chi connectivity index (χ1n) is 4.59. The number of hydrogen-bond acceptors (Lipinski definition) is 3. The molecule has 0 amide bonds. The Morgan fingerprint density at radius 1 is 1.46 bits per heavy atom. The first kappa shape index (κ1) is 12.8. The molecule has 0 rings (SSSR count). The summed E-state index contributed by atoms with van der Waals surface area (Å²) in [5.74, 6) is 0. The van der Waals surface area contributed by atoms with Crippen molar-refractivity contribution in [2.24, 2.45) is 5.73 Å². The van der Waals surface area contributed by atoms with Gasteiger partial charge in [0.2, 0.25) is 0 Å². The first-order valence-corrected chi connectivity index (χ1v) is 5.00. The summed E-state index contributed by atoms with van der Waals surface area (Å²) in [7, 11) is 1.69. The van der Waals surface area contributed by atoms with Gasteiger partial charge in [-0.25, -0.2) is 0 Å². The van der Waals surface area contributed by atoms with E-state index in [0.717, 1.165) is 26.1 Å². The van der Waals surface area contributed by atoms with Crippen LogP contribution in [0, 0.1) is 0 Å². The lowest BCUT2D eigenvalue weighted by atomic mass is 10.2. The molecule has 0 heterocycles. The first-order chi connectivity index (χ1) is 6.20. The lowest BCUT2D eigenvalue weighted by Gasteiger charge is -2.14. The van der Waals surface area contributed by atoms with Crippen LogP contribution in [0.5, 0.6) is 0 Å². The Kier molecular flexibility index (Phi) is 8.29. The van der Waals surface area contributed by atoms with Gasteiger partial charge in [0, 0.05) is 26.7 Å². The van der Waals surface area contributed by atoms with Gasteiger partial charge in [-0.05, 0) is 12.8 Å². The average Bonchev–Trinajstić information content (AvgIpc) is 2.09. The molecule has 0 aliphatic carbocycles. The maximum Gasteiger partial charge on any atom is 0.0753 e. The smallest absolute Gasteiger partial charge is 0.0753 e. The van der Waals surface area contributed by atoms with Crippen LogP contribution < -0.4 is 5.73 Å². The van der Waals surface area contributed by atoms with E-state index in [2.05, 4.69) is 6.92 Å². The largest absolute Gasteiger partial charge is 0.393 e. The van der Waals surface area contributed by atoms with Gasteiger partial charge < -0.3 is 15.2 Å². The second-order valence-electron chi connectivity index (χ2n) is 2.92. The van der Waals surface area contributed by atoms with Gasteiger partial charge in [-0.15, -0.1) is 0 Å². The molecule has 0 aromatic carbocycles. The third-order valence-corrected chi connectivity index (χ3v) is 1.90. The fourth-order valence-corrected chi connectivity index (χ4v) is 1.18. The summed E-state index contributed by atoms with van der Waals surface area (Å²) >= 11 is 4.81. The van der Waals surface area contributed by atoms with Crippen LogP contribution in [-0.2, 0) is 9.47 Å². The number of methoxy groups -OCH3 is 1. The topological polar surface area (TPSA) is 44.5 Å². The highest BCUT2D eigenvalue weighted by molar-refractivity contribution is 7.80. The molecule has 0 aliphatic heterocycles. The molecule has 1 unspecified atom stereocenters. The van der Waals surface area contributed by atoms with Crippen molar-refractivity contribution in [1.29, 1.82) is 0 Å². The van der Waals surface area contributed by atoms with Crippen molar-refractivity contribution in [2.75, 3.05) is 20.3 Å². The zero-order valence-electron chi connectivity index (χ0n) is 8.41. The summed E-state index contributed by atoms with van der Waals surface area (Å²) in [4.78, 5) is 0.526. The quantitative estimate of drug-likeness (QED) is 0.482. The molecule has 1 atom stereocenters. The average molecular weight is 205 g/mol. The Bertz CT molecular complexity index is 142. The van der Waals surface area contributed by atoms with Gasteiger partial charge >= 0.3 is 0 Å². The van der Waals surface area contributed by atoms with Gasteiger partial charge in [-0.3, -0.25) is 0 Å². The fraction of sp³-hybridized carbons (Fsp3) is 0.889. The van der Waals surface area contributed by atoms with Crippen molar-refractivity contribution in [3.8, 4) is 0 Å². The van der Waals surface area contributed by atoms with E-state index >= 15 is 0 Å². The van der Waals surface area contributed by atoms with Crippen LogP contribution in [0.15, 0.2) is 0 Å². The molecule has 0 aromatic heterocycles. The summed E-state index contributed by atoms with van der Waals surface area (Å²) in [5, 5.41) is 0. The van der Waals surface area contributed by atoms with E-state index in [4.69, 9.17) is 27.4 Å². The van der Waals surface area contributed by atoms with Crippen molar-refractivity contribution in [2.45, 2.75) is 32.3 Å². The van der Waals surface area contributed by atoms with E-state index in [9.17, 15) is 0 Å². The van der Waals surface area contributed by atoms with Crippen molar-refractivity contribution >= 4 is 17.2 Å². The molecule has 0 bridgehead atoms. The third-order valence-electron chi connectivity index (χ3n) is 1.73. The van der Waals surface area contributed by atoms with Crippen molar-refractivity contribution in [3.05, 3.63) is 0 Å². The second kappa shape index (κ2) is 8.41. The molecule has 3 nitrogen and oxygen atoms in total. The molecule has 0 spiro atoms. The van der Waals surface area contributed by atoms with E-state index in [-0.39, 0.29) is 6.10 Å². The van der Waals surface area contributed by atoms with Crippen LogP contribution in [-0.4, -0.2) is 31.4 Å².